The van der Waals surface area contributed by atoms with E-state index >= 15 is 0 Å². The number of ether oxygens (including phenoxy) is 2. The van der Waals surface area contributed by atoms with Gasteiger partial charge in [-0.3, -0.25) is 5.10 Å². The van der Waals surface area contributed by atoms with Crippen LogP contribution in [0, 0.1) is 0 Å². The topological polar surface area (TPSA) is 127 Å². The van der Waals surface area contributed by atoms with Gasteiger partial charge in [0.1, 0.15) is 18.2 Å². The third-order valence-corrected chi connectivity index (χ3v) is 3.79. The Morgan fingerprint density at radius 2 is 2.20 bits per heavy atom. The lowest BCUT2D eigenvalue weighted by atomic mass is 10.1. The summed E-state index contributed by atoms with van der Waals surface area (Å²) in [7, 11) is 0. The number of amides is 2. The molecule has 2 amide bonds. The van der Waals surface area contributed by atoms with Crippen molar-refractivity contribution in [2.45, 2.75) is 31.9 Å². The van der Waals surface area contributed by atoms with Crippen LogP contribution in [0.5, 0.6) is 5.75 Å². The molecule has 1 aromatic carbocycles. The first-order chi connectivity index (χ1) is 12.2. The highest BCUT2D eigenvalue weighted by Crippen LogP contribution is 2.18. The average molecular weight is 346 g/mol. The van der Waals surface area contributed by atoms with Crippen LogP contribution < -0.4 is 21.1 Å². The normalized spacial score (nSPS) is 17.0. The molecule has 1 atom stereocenters. The second-order valence-corrected chi connectivity index (χ2v) is 5.77. The van der Waals surface area contributed by atoms with Gasteiger partial charge in [0.05, 0.1) is 12.6 Å². The van der Waals surface area contributed by atoms with E-state index in [-0.39, 0.29) is 24.6 Å². The maximum absolute atomic E-state index is 11.8. The number of H-pyrrole nitrogens is 1. The number of benzene rings is 1. The van der Waals surface area contributed by atoms with E-state index in [1.807, 2.05) is 12.1 Å². The molecule has 5 N–H and O–H groups in total. The Balaban J connectivity index is 1.41. The summed E-state index contributed by atoms with van der Waals surface area (Å²) in [6.07, 6.45) is 3.52. The number of carbonyl (C=O) groups excluding carboxylic acids is 1. The van der Waals surface area contributed by atoms with Gasteiger partial charge in [-0.05, 0) is 43.5 Å². The molecule has 3 rings (SSSR count). The number of nitrogens with one attached hydrogen (secondary N) is 3. The molecule has 0 bridgehead atoms. The van der Waals surface area contributed by atoms with Gasteiger partial charge in [-0.25, -0.2) is 4.79 Å². The van der Waals surface area contributed by atoms with Crippen molar-refractivity contribution in [2.24, 2.45) is 0 Å². The summed E-state index contributed by atoms with van der Waals surface area (Å²) < 4.78 is 11.4. The van der Waals surface area contributed by atoms with Gasteiger partial charge in [0.2, 0.25) is 5.95 Å². The quantitative estimate of drug-likeness (QED) is 0.630. The van der Waals surface area contributed by atoms with Crippen molar-refractivity contribution < 1.29 is 14.3 Å². The second kappa shape index (κ2) is 8.34. The largest absolute Gasteiger partial charge is 0.491 e. The van der Waals surface area contributed by atoms with Crippen molar-refractivity contribution in [3.63, 3.8) is 0 Å². The van der Waals surface area contributed by atoms with Crippen molar-refractivity contribution in [1.82, 2.24) is 20.5 Å². The number of hydrogen-bond donors (Lipinski definition) is 4. The first-order valence-electron chi connectivity index (χ1n) is 8.25. The fourth-order valence-corrected chi connectivity index (χ4v) is 2.49. The lowest BCUT2D eigenvalue weighted by Crippen LogP contribution is -2.28. The summed E-state index contributed by atoms with van der Waals surface area (Å²) >= 11 is 0. The smallest absolute Gasteiger partial charge is 0.319 e. The summed E-state index contributed by atoms with van der Waals surface area (Å²) in [6, 6.07) is 6.84. The first-order valence-corrected chi connectivity index (χ1v) is 8.25. The van der Waals surface area contributed by atoms with Crippen LogP contribution in [0.2, 0.25) is 0 Å². The minimum Gasteiger partial charge on any atom is -0.491 e. The summed E-state index contributed by atoms with van der Waals surface area (Å²) in [5, 5.41) is 11.7. The highest BCUT2D eigenvalue weighted by Gasteiger charge is 2.14. The van der Waals surface area contributed by atoms with Crippen molar-refractivity contribution in [2.75, 3.05) is 24.3 Å². The van der Waals surface area contributed by atoms with Crippen molar-refractivity contribution in [3.8, 4) is 5.75 Å². The molecule has 1 fully saturated rings. The van der Waals surface area contributed by atoms with Crippen LogP contribution in [0.15, 0.2) is 24.3 Å². The Morgan fingerprint density at radius 3 is 2.88 bits per heavy atom. The van der Waals surface area contributed by atoms with Crippen LogP contribution in [0.3, 0.4) is 0 Å². The third kappa shape index (κ3) is 5.35. The van der Waals surface area contributed by atoms with E-state index in [1.165, 1.54) is 6.42 Å². The zero-order valence-corrected chi connectivity index (χ0v) is 13.8. The molecule has 1 aliphatic heterocycles. The summed E-state index contributed by atoms with van der Waals surface area (Å²) in [5.74, 6) is 1.38. The predicted octanol–water partition coefficient (Wildman–Crippen LogP) is 1.66. The van der Waals surface area contributed by atoms with Crippen LogP contribution in [-0.4, -0.2) is 40.5 Å². The van der Waals surface area contributed by atoms with Gasteiger partial charge in [0.15, 0.2) is 0 Å². The van der Waals surface area contributed by atoms with E-state index < -0.39 is 0 Å². The van der Waals surface area contributed by atoms with Crippen molar-refractivity contribution >= 4 is 17.7 Å². The molecule has 0 radical (unpaired) electrons. The fraction of sp³-hybridized carbons (Fsp3) is 0.438. The monoisotopic (exact) mass is 346 g/mol. The molecule has 1 aliphatic rings. The number of urea groups is 1. The minimum absolute atomic E-state index is 0.145. The summed E-state index contributed by atoms with van der Waals surface area (Å²) in [5.41, 5.74) is 6.06. The van der Waals surface area contributed by atoms with Crippen LogP contribution in [0.25, 0.3) is 0 Å². The highest BCUT2D eigenvalue weighted by atomic mass is 16.5. The van der Waals surface area contributed by atoms with E-state index in [2.05, 4.69) is 25.8 Å². The van der Waals surface area contributed by atoms with Gasteiger partial charge in [0, 0.05) is 12.3 Å². The number of anilines is 2. The number of aromatic amines is 1. The number of nitrogens with two attached hydrogens (primary N) is 1. The van der Waals surface area contributed by atoms with Crippen LogP contribution in [0.4, 0.5) is 16.4 Å². The molecule has 134 valence electrons. The van der Waals surface area contributed by atoms with Crippen LogP contribution >= 0.6 is 0 Å². The number of nitrogens with zero attached hydrogens (tertiary/aromatic N) is 2. The Bertz CT molecular complexity index is 681. The zero-order valence-electron chi connectivity index (χ0n) is 13.8. The van der Waals surface area contributed by atoms with Gasteiger partial charge in [-0.2, -0.15) is 4.98 Å². The first kappa shape index (κ1) is 17.0. The highest BCUT2D eigenvalue weighted by molar-refractivity contribution is 5.89. The van der Waals surface area contributed by atoms with Gasteiger partial charge in [-0.1, -0.05) is 0 Å². The number of rotatable bonds is 6. The molecule has 0 unspecified atom stereocenters. The fourth-order valence-electron chi connectivity index (χ4n) is 2.49. The number of nitrogen functional groups attached to an aromatic ring is 1. The zero-order chi connectivity index (χ0) is 17.5. The molecular formula is C16H22N6O3. The lowest BCUT2D eigenvalue weighted by molar-refractivity contribution is -0.0110. The predicted molar refractivity (Wildman–Crippen MR) is 92.2 cm³/mol. The maximum atomic E-state index is 11.8. The van der Waals surface area contributed by atoms with Crippen LogP contribution in [0.1, 0.15) is 25.1 Å². The van der Waals surface area contributed by atoms with Crippen molar-refractivity contribution in [3.05, 3.63) is 30.1 Å². The standard InChI is InChI=1S/C16H22N6O3/c17-15-20-14(21-22-15)9-18-16(23)19-11-4-6-12(7-5-11)25-10-13-3-1-2-8-24-13/h4-7,13H,1-3,8-10H2,(H2,18,19,23)(H3,17,20,21,22)/t13-/m1/s1. The molecule has 0 spiro atoms. The number of carbonyl (C=O) groups is 1. The van der Waals surface area contributed by atoms with Gasteiger partial charge in [-0.15, -0.1) is 5.10 Å². The Kier molecular flexibility index (Phi) is 5.68. The van der Waals surface area contributed by atoms with E-state index in [1.54, 1.807) is 12.1 Å². The molecule has 9 heteroatoms. The van der Waals surface area contributed by atoms with E-state index in [0.29, 0.717) is 18.1 Å². The molecule has 1 aromatic heterocycles. The SMILES string of the molecule is Nc1n[nH]c(CNC(=O)Nc2ccc(OC[C@H]3CCCCO3)cc2)n1. The Hall–Kier alpha value is -2.81. The van der Waals surface area contributed by atoms with E-state index in [0.717, 1.165) is 25.2 Å². The molecule has 2 heterocycles. The van der Waals surface area contributed by atoms with E-state index in [9.17, 15) is 4.79 Å². The average Bonchev–Trinajstić information content (AvgIpc) is 3.06. The van der Waals surface area contributed by atoms with E-state index in [4.69, 9.17) is 15.2 Å². The molecule has 0 saturated carbocycles. The molecule has 0 aliphatic carbocycles. The molecule has 2 aromatic rings. The molecular weight excluding hydrogens is 324 g/mol. The lowest BCUT2D eigenvalue weighted by Gasteiger charge is -2.22. The van der Waals surface area contributed by atoms with Gasteiger partial charge >= 0.3 is 6.03 Å². The summed E-state index contributed by atoms with van der Waals surface area (Å²) in [4.78, 5) is 15.7. The summed E-state index contributed by atoms with van der Waals surface area (Å²) in [6.45, 7) is 1.57. The number of hydrogen-bond acceptors (Lipinski definition) is 6. The minimum atomic E-state index is -0.348. The third-order valence-electron chi connectivity index (χ3n) is 3.79. The van der Waals surface area contributed by atoms with Crippen molar-refractivity contribution in [1.29, 1.82) is 0 Å². The van der Waals surface area contributed by atoms with Crippen LogP contribution in [-0.2, 0) is 11.3 Å². The van der Waals surface area contributed by atoms with Gasteiger partial charge < -0.3 is 25.8 Å². The molecule has 25 heavy (non-hydrogen) atoms. The molecule has 1 saturated heterocycles. The Morgan fingerprint density at radius 1 is 1.36 bits per heavy atom. The Labute approximate surface area is 145 Å². The molecule has 9 nitrogen and oxygen atoms in total. The second-order valence-electron chi connectivity index (χ2n) is 5.77. The number of aromatic nitrogens is 3. The maximum Gasteiger partial charge on any atom is 0.319 e. The van der Waals surface area contributed by atoms with Gasteiger partial charge in [0.25, 0.3) is 0 Å².